The van der Waals surface area contributed by atoms with E-state index >= 15 is 0 Å². The number of nitro benzene ring substituents is 1. The fourth-order valence-corrected chi connectivity index (χ4v) is 2.64. The number of ether oxygens (including phenoxy) is 2. The summed E-state index contributed by atoms with van der Waals surface area (Å²) in [7, 11) is 2.81. The molecule has 0 bridgehead atoms. The van der Waals surface area contributed by atoms with Crippen molar-refractivity contribution in [3.8, 4) is 11.5 Å². The Morgan fingerprint density at radius 2 is 1.85 bits per heavy atom. The molecule has 3 rings (SSSR count). The molecule has 9 nitrogen and oxygen atoms in total. The third kappa shape index (κ3) is 3.34. The second kappa shape index (κ2) is 7.24. The highest BCUT2D eigenvalue weighted by Gasteiger charge is 2.18. The summed E-state index contributed by atoms with van der Waals surface area (Å²) in [4.78, 5) is 27.8. The van der Waals surface area contributed by atoms with E-state index in [0.717, 1.165) is 4.68 Å². The molecule has 0 saturated heterocycles. The average Bonchev–Trinajstić information content (AvgIpc) is 2.67. The lowest BCUT2D eigenvalue weighted by atomic mass is 10.1. The normalized spacial score (nSPS) is 11.1. The van der Waals surface area contributed by atoms with Gasteiger partial charge in [-0.2, -0.15) is 9.78 Å². The van der Waals surface area contributed by atoms with Crippen LogP contribution in [0.25, 0.3) is 10.9 Å². The second-order valence-electron chi connectivity index (χ2n) is 5.56. The maximum Gasteiger partial charge on any atom is 0.282 e. The number of hydrogen-bond acceptors (Lipinski definition) is 7. The quantitative estimate of drug-likeness (QED) is 0.389. The van der Waals surface area contributed by atoms with Crippen LogP contribution in [-0.2, 0) is 0 Å². The van der Waals surface area contributed by atoms with Gasteiger partial charge in [0.05, 0.1) is 47.9 Å². The summed E-state index contributed by atoms with van der Waals surface area (Å²) < 4.78 is 11.4. The molecule has 0 aliphatic heterocycles. The summed E-state index contributed by atoms with van der Waals surface area (Å²) in [6.07, 6.45) is 1.23. The van der Waals surface area contributed by atoms with Crippen molar-refractivity contribution in [1.82, 2.24) is 9.66 Å². The molecule has 138 valence electrons. The van der Waals surface area contributed by atoms with Crippen molar-refractivity contribution < 1.29 is 14.4 Å². The van der Waals surface area contributed by atoms with Crippen molar-refractivity contribution in [3.05, 3.63) is 68.3 Å². The lowest BCUT2D eigenvalue weighted by Gasteiger charge is -2.09. The van der Waals surface area contributed by atoms with Crippen LogP contribution < -0.4 is 15.0 Å². The van der Waals surface area contributed by atoms with Crippen LogP contribution >= 0.6 is 0 Å². The fourth-order valence-electron chi connectivity index (χ4n) is 2.64. The van der Waals surface area contributed by atoms with Crippen LogP contribution in [0.1, 0.15) is 11.4 Å². The summed E-state index contributed by atoms with van der Waals surface area (Å²) >= 11 is 0. The Balaban J connectivity index is 2.15. The molecule has 0 unspecified atom stereocenters. The molecule has 0 aliphatic carbocycles. The number of para-hydroxylation sites is 1. The van der Waals surface area contributed by atoms with Crippen molar-refractivity contribution in [1.29, 1.82) is 0 Å². The second-order valence-corrected chi connectivity index (χ2v) is 5.56. The van der Waals surface area contributed by atoms with Gasteiger partial charge in [0.1, 0.15) is 5.82 Å². The molecule has 0 fully saturated rings. The number of aromatic nitrogens is 2. The van der Waals surface area contributed by atoms with Crippen molar-refractivity contribution >= 4 is 22.8 Å². The van der Waals surface area contributed by atoms with Gasteiger partial charge in [0.25, 0.3) is 11.2 Å². The van der Waals surface area contributed by atoms with E-state index in [-0.39, 0.29) is 22.6 Å². The first kappa shape index (κ1) is 18.1. The van der Waals surface area contributed by atoms with Crippen LogP contribution in [-0.4, -0.2) is 35.0 Å². The van der Waals surface area contributed by atoms with E-state index < -0.39 is 4.92 Å². The summed E-state index contributed by atoms with van der Waals surface area (Å²) in [5, 5.41) is 15.9. The Hall–Kier alpha value is -3.75. The molecule has 27 heavy (non-hydrogen) atoms. The maximum absolute atomic E-state index is 12.6. The van der Waals surface area contributed by atoms with Gasteiger partial charge in [-0.1, -0.05) is 12.1 Å². The van der Waals surface area contributed by atoms with Gasteiger partial charge in [-0.05, 0) is 25.1 Å². The van der Waals surface area contributed by atoms with Gasteiger partial charge in [-0.25, -0.2) is 4.98 Å². The molecule has 2 aromatic carbocycles. The van der Waals surface area contributed by atoms with Crippen molar-refractivity contribution in [3.63, 3.8) is 0 Å². The average molecular weight is 368 g/mol. The molecule has 0 N–H and O–H groups in total. The monoisotopic (exact) mass is 368 g/mol. The molecular formula is C18H16N4O5. The number of rotatable bonds is 5. The Morgan fingerprint density at radius 1 is 1.19 bits per heavy atom. The van der Waals surface area contributed by atoms with E-state index in [1.165, 1.54) is 32.6 Å². The van der Waals surface area contributed by atoms with Gasteiger partial charge in [-0.15, -0.1) is 0 Å². The summed E-state index contributed by atoms with van der Waals surface area (Å²) in [5.74, 6) is 0.894. The Labute approximate surface area is 153 Å². The molecule has 1 heterocycles. The third-order valence-electron chi connectivity index (χ3n) is 3.96. The van der Waals surface area contributed by atoms with E-state index in [1.807, 2.05) is 0 Å². The summed E-state index contributed by atoms with van der Waals surface area (Å²) in [6, 6.07) is 9.57. The van der Waals surface area contributed by atoms with Gasteiger partial charge in [0.2, 0.25) is 0 Å². The fraction of sp³-hybridized carbons (Fsp3) is 0.167. The van der Waals surface area contributed by atoms with Crippen LogP contribution in [0.15, 0.2) is 46.3 Å². The zero-order valence-corrected chi connectivity index (χ0v) is 14.9. The maximum atomic E-state index is 12.6. The van der Waals surface area contributed by atoms with Crippen LogP contribution in [0, 0.1) is 17.0 Å². The highest BCUT2D eigenvalue weighted by atomic mass is 16.6. The molecule has 0 radical (unpaired) electrons. The van der Waals surface area contributed by atoms with Gasteiger partial charge in [0, 0.05) is 0 Å². The van der Waals surface area contributed by atoms with Gasteiger partial charge in [0.15, 0.2) is 11.5 Å². The Kier molecular flexibility index (Phi) is 4.84. The van der Waals surface area contributed by atoms with E-state index in [1.54, 1.807) is 31.2 Å². The number of nitrogens with zero attached hydrogens (tertiary/aromatic N) is 4. The summed E-state index contributed by atoms with van der Waals surface area (Å²) in [6.45, 7) is 1.63. The minimum absolute atomic E-state index is 0.164. The van der Waals surface area contributed by atoms with Crippen LogP contribution in [0.2, 0.25) is 0 Å². The molecule has 0 saturated carbocycles. The van der Waals surface area contributed by atoms with Crippen LogP contribution in [0.5, 0.6) is 11.5 Å². The Bertz CT molecular complexity index is 1120. The molecule has 3 aromatic rings. The van der Waals surface area contributed by atoms with E-state index in [2.05, 4.69) is 10.1 Å². The first-order chi connectivity index (χ1) is 13.0. The third-order valence-corrected chi connectivity index (χ3v) is 3.96. The molecule has 0 amide bonds. The predicted octanol–water partition coefficient (Wildman–Crippen LogP) is 2.51. The predicted molar refractivity (Wildman–Crippen MR) is 99.9 cm³/mol. The highest BCUT2D eigenvalue weighted by Crippen LogP contribution is 2.33. The molecule has 9 heteroatoms. The van der Waals surface area contributed by atoms with E-state index in [9.17, 15) is 14.9 Å². The first-order valence-corrected chi connectivity index (χ1v) is 7.89. The largest absolute Gasteiger partial charge is 0.493 e. The van der Waals surface area contributed by atoms with E-state index in [0.29, 0.717) is 22.5 Å². The number of fused-ring (bicyclic) bond motifs is 1. The number of nitro groups is 1. The molecular weight excluding hydrogens is 352 g/mol. The van der Waals surface area contributed by atoms with Crippen LogP contribution in [0.4, 0.5) is 5.69 Å². The standard InChI is InChI=1S/C18H16N4O5/c1-11-20-14-7-5-4-6-13(14)18(23)21(11)19-10-12-8-16(26-2)17(27-3)9-15(12)22(24)25/h4-10H,1-3H3. The minimum atomic E-state index is -0.558. The van der Waals surface area contributed by atoms with Crippen molar-refractivity contribution in [2.24, 2.45) is 5.10 Å². The number of benzene rings is 2. The Morgan fingerprint density at radius 3 is 2.52 bits per heavy atom. The minimum Gasteiger partial charge on any atom is -0.493 e. The van der Waals surface area contributed by atoms with Gasteiger partial charge < -0.3 is 9.47 Å². The van der Waals surface area contributed by atoms with Crippen molar-refractivity contribution in [2.45, 2.75) is 6.92 Å². The smallest absolute Gasteiger partial charge is 0.282 e. The molecule has 0 aliphatic rings. The van der Waals surface area contributed by atoms with Gasteiger partial charge >= 0.3 is 0 Å². The number of aryl methyl sites for hydroxylation is 1. The van der Waals surface area contributed by atoms with E-state index in [4.69, 9.17) is 9.47 Å². The highest BCUT2D eigenvalue weighted by molar-refractivity contribution is 5.87. The first-order valence-electron chi connectivity index (χ1n) is 7.89. The zero-order valence-electron chi connectivity index (χ0n) is 14.9. The summed E-state index contributed by atoms with van der Waals surface area (Å²) in [5.41, 5.74) is 0.133. The molecule has 0 atom stereocenters. The van der Waals surface area contributed by atoms with Gasteiger partial charge in [-0.3, -0.25) is 14.9 Å². The topological polar surface area (TPSA) is 109 Å². The lowest BCUT2D eigenvalue weighted by molar-refractivity contribution is -0.385. The number of methoxy groups -OCH3 is 2. The lowest BCUT2D eigenvalue weighted by Crippen LogP contribution is -2.20. The molecule has 1 aromatic heterocycles. The molecule has 0 spiro atoms. The number of hydrogen-bond donors (Lipinski definition) is 0. The van der Waals surface area contributed by atoms with Crippen LogP contribution in [0.3, 0.4) is 0 Å². The van der Waals surface area contributed by atoms with Crippen molar-refractivity contribution in [2.75, 3.05) is 14.2 Å². The SMILES string of the molecule is COc1cc(C=Nn2c(C)nc3ccccc3c2=O)c([N+](=O)[O-])cc1OC. The zero-order chi connectivity index (χ0) is 19.6.